The lowest BCUT2D eigenvalue weighted by atomic mass is 9.80. The van der Waals surface area contributed by atoms with E-state index in [1.54, 1.807) is 38.5 Å². The molecular formula is C43H42N6O10. The van der Waals surface area contributed by atoms with E-state index in [-0.39, 0.29) is 50.1 Å². The average molecular weight is 803 g/mol. The quantitative estimate of drug-likeness (QED) is 0.0615. The Hall–Kier alpha value is -6.61. The summed E-state index contributed by atoms with van der Waals surface area (Å²) in [5, 5.41) is 23.5. The van der Waals surface area contributed by atoms with Crippen LogP contribution in [0.25, 0.3) is 11.2 Å². The van der Waals surface area contributed by atoms with Crippen LogP contribution in [0.1, 0.15) is 29.3 Å². The molecule has 16 nitrogen and oxygen atoms in total. The molecule has 1 fully saturated rings. The van der Waals surface area contributed by atoms with Crippen molar-refractivity contribution >= 4 is 23.0 Å². The number of amides is 1. The fraction of sp³-hybridized carbons (Fsp3) is 0.279. The lowest BCUT2D eigenvalue weighted by Gasteiger charge is -2.37. The smallest absolute Gasteiger partial charge is 0.280 e. The second kappa shape index (κ2) is 18.8. The summed E-state index contributed by atoms with van der Waals surface area (Å²) in [7, 11) is 3.19. The van der Waals surface area contributed by atoms with Crippen LogP contribution in [-0.4, -0.2) is 89.7 Å². The molecule has 7 rings (SSSR count). The maximum atomic E-state index is 13.2. The molecule has 1 aliphatic heterocycles. The van der Waals surface area contributed by atoms with Gasteiger partial charge in [-0.2, -0.15) is 10.2 Å². The molecule has 0 aliphatic carbocycles. The molecule has 2 aromatic heterocycles. The number of ether oxygens (including phenoxy) is 7. The number of hydrogen-bond donors (Lipinski definition) is 3. The Morgan fingerprint density at radius 1 is 0.915 bits per heavy atom. The molecule has 1 amide bonds. The minimum absolute atomic E-state index is 0.0425. The number of carbonyl (C=O) groups excluding carboxylic acids is 1. The molecule has 3 N–H and O–H groups in total. The third-order valence-corrected chi connectivity index (χ3v) is 9.73. The van der Waals surface area contributed by atoms with Crippen LogP contribution in [0.15, 0.2) is 120 Å². The van der Waals surface area contributed by atoms with Crippen LogP contribution in [-0.2, 0) is 29.3 Å². The highest BCUT2D eigenvalue weighted by Gasteiger charge is 2.48. The van der Waals surface area contributed by atoms with Gasteiger partial charge in [0, 0.05) is 0 Å². The van der Waals surface area contributed by atoms with Crippen molar-refractivity contribution in [3.05, 3.63) is 143 Å². The summed E-state index contributed by atoms with van der Waals surface area (Å²) in [5.74, 6) is 1.07. The Balaban J connectivity index is 1.21. The first-order valence-electron chi connectivity index (χ1n) is 18.7. The summed E-state index contributed by atoms with van der Waals surface area (Å²) in [6, 6.07) is 35.5. The summed E-state index contributed by atoms with van der Waals surface area (Å²) in [5.41, 5.74) is 0.468. The summed E-state index contributed by atoms with van der Waals surface area (Å²) >= 11 is 0. The van der Waals surface area contributed by atoms with E-state index in [0.29, 0.717) is 17.2 Å². The number of benzene rings is 4. The lowest BCUT2D eigenvalue weighted by Crippen LogP contribution is -2.40. The number of aliphatic hydroxyl groups excluding tert-OH is 1. The molecule has 6 aromatic rings. The Labute approximate surface area is 338 Å². The first-order chi connectivity index (χ1) is 28.8. The molecule has 16 heteroatoms. The molecule has 59 heavy (non-hydrogen) atoms. The number of fused-ring (bicyclic) bond motifs is 1. The number of H-pyrrole nitrogens is 1. The molecule has 304 valence electrons. The molecule has 0 radical (unpaired) electrons. The van der Waals surface area contributed by atoms with Gasteiger partial charge in [-0.05, 0) is 53.1 Å². The number of aromatic nitrogens is 4. The highest BCUT2D eigenvalue weighted by atomic mass is 16.7. The van der Waals surface area contributed by atoms with Gasteiger partial charge in [-0.15, -0.1) is 0 Å². The first-order valence-corrected chi connectivity index (χ1v) is 18.7. The number of para-hydroxylation sites is 1. The van der Waals surface area contributed by atoms with E-state index in [2.05, 4.69) is 20.3 Å². The van der Waals surface area contributed by atoms with Crippen molar-refractivity contribution < 1.29 is 43.1 Å². The van der Waals surface area contributed by atoms with Gasteiger partial charge < -0.3 is 38.3 Å². The molecule has 4 aromatic carbocycles. The molecule has 1 saturated heterocycles. The molecule has 0 saturated carbocycles. The van der Waals surface area contributed by atoms with E-state index >= 15 is 0 Å². The molecule has 3 heterocycles. The Morgan fingerprint density at radius 2 is 1.54 bits per heavy atom. The van der Waals surface area contributed by atoms with Gasteiger partial charge >= 0.3 is 0 Å². The lowest BCUT2D eigenvalue weighted by molar-refractivity contribution is -0.137. The number of imidazole rings is 1. The number of rotatable bonds is 18. The molecule has 0 unspecified atom stereocenters. The van der Waals surface area contributed by atoms with Crippen molar-refractivity contribution in [2.24, 2.45) is 0 Å². The third-order valence-electron chi connectivity index (χ3n) is 9.73. The Bertz CT molecular complexity index is 2360. The van der Waals surface area contributed by atoms with Gasteiger partial charge in [0.25, 0.3) is 11.5 Å². The SMILES string of the molecule is COc1ccc(C(OC[C@H]2O[C@@H](n3cnc4c(=O)[nH]c(NC(=O)COc5ccccc5)nc43)[C@H](OCOCCC#N)[C@@H]2O)(c2ccccc2)c2ccc(OC)cc2)cc1. The molecule has 0 spiro atoms. The van der Waals surface area contributed by atoms with E-state index in [0.717, 1.165) is 16.7 Å². The normalized spacial score (nSPS) is 17.7. The molecule has 4 atom stereocenters. The number of methoxy groups -OCH3 is 2. The number of nitriles is 1. The monoisotopic (exact) mass is 802 g/mol. The second-order valence-electron chi connectivity index (χ2n) is 13.3. The Kier molecular flexibility index (Phi) is 12.9. The molecule has 1 aliphatic rings. The van der Waals surface area contributed by atoms with E-state index in [1.165, 1.54) is 10.9 Å². The van der Waals surface area contributed by atoms with Crippen LogP contribution in [0.4, 0.5) is 5.95 Å². The predicted octanol–water partition coefficient (Wildman–Crippen LogP) is 4.69. The van der Waals surface area contributed by atoms with Crippen molar-refractivity contribution in [3.63, 3.8) is 0 Å². The highest BCUT2D eigenvalue weighted by Crippen LogP contribution is 2.43. The zero-order valence-electron chi connectivity index (χ0n) is 32.2. The maximum absolute atomic E-state index is 13.2. The van der Waals surface area contributed by atoms with E-state index < -0.39 is 41.6 Å². The van der Waals surface area contributed by atoms with E-state index in [1.807, 2.05) is 91.0 Å². The van der Waals surface area contributed by atoms with Gasteiger partial charge in [0.2, 0.25) is 5.95 Å². The van der Waals surface area contributed by atoms with Crippen molar-refractivity contribution in [3.8, 4) is 23.3 Å². The fourth-order valence-electron chi connectivity index (χ4n) is 6.85. The minimum atomic E-state index is -1.31. The number of aromatic amines is 1. The summed E-state index contributed by atoms with van der Waals surface area (Å²) in [6.07, 6.45) is -3.07. The largest absolute Gasteiger partial charge is 0.497 e. The number of nitrogens with one attached hydrogen (secondary N) is 2. The Morgan fingerprint density at radius 3 is 2.17 bits per heavy atom. The summed E-state index contributed by atoms with van der Waals surface area (Å²) in [6.45, 7) is -0.693. The van der Waals surface area contributed by atoms with Crippen molar-refractivity contribution in [2.45, 2.75) is 36.6 Å². The predicted molar refractivity (Wildman–Crippen MR) is 213 cm³/mol. The van der Waals surface area contributed by atoms with E-state index in [4.69, 9.17) is 38.4 Å². The summed E-state index contributed by atoms with van der Waals surface area (Å²) < 4.78 is 43.1. The fourth-order valence-corrected chi connectivity index (χ4v) is 6.85. The van der Waals surface area contributed by atoms with E-state index in [9.17, 15) is 14.7 Å². The van der Waals surface area contributed by atoms with Crippen LogP contribution < -0.4 is 25.1 Å². The van der Waals surface area contributed by atoms with Gasteiger partial charge in [0.15, 0.2) is 24.0 Å². The number of anilines is 1. The van der Waals surface area contributed by atoms with Gasteiger partial charge in [-0.25, -0.2) is 4.98 Å². The van der Waals surface area contributed by atoms with Gasteiger partial charge in [0.1, 0.15) is 48.0 Å². The van der Waals surface area contributed by atoms with Crippen LogP contribution >= 0.6 is 0 Å². The number of carbonyl (C=O) groups is 1. The van der Waals surface area contributed by atoms with Crippen LogP contribution in [0.5, 0.6) is 17.2 Å². The standard InChI is InChI=1S/C43H42N6O10/c1-53-31-18-14-29(15-19-31)43(28-10-5-3-6-11-28,30-16-20-32(54-2)21-17-30)58-24-34-37(51)38(57-27-55-23-9-22-44)41(59-34)49-26-45-36-39(49)47-42(48-40(36)52)46-35(50)25-56-33-12-7-4-8-13-33/h3-8,10-21,26,34,37-38,41,51H,9,23-25,27H2,1-2H3,(H2,46,47,48,50,52)/t34-,37-,38-,41-/m1/s1. The summed E-state index contributed by atoms with van der Waals surface area (Å²) in [4.78, 5) is 37.3. The topological polar surface area (TPSA) is 201 Å². The van der Waals surface area contributed by atoms with Crippen LogP contribution in [0, 0.1) is 11.3 Å². The zero-order valence-corrected chi connectivity index (χ0v) is 32.2. The number of hydrogen-bond acceptors (Lipinski definition) is 13. The average Bonchev–Trinajstić information content (AvgIpc) is 3.84. The van der Waals surface area contributed by atoms with Gasteiger partial charge in [0.05, 0.1) is 46.3 Å². The van der Waals surface area contributed by atoms with Crippen LogP contribution in [0.3, 0.4) is 0 Å². The number of aliphatic hydroxyl groups is 1. The van der Waals surface area contributed by atoms with Gasteiger partial charge in [-0.1, -0.05) is 72.8 Å². The third kappa shape index (κ3) is 8.94. The number of nitrogens with zero attached hydrogens (tertiary/aromatic N) is 4. The highest BCUT2D eigenvalue weighted by molar-refractivity contribution is 5.90. The van der Waals surface area contributed by atoms with Crippen molar-refractivity contribution in [1.82, 2.24) is 19.5 Å². The first kappa shape index (κ1) is 40.6. The molecule has 0 bridgehead atoms. The van der Waals surface area contributed by atoms with Crippen molar-refractivity contribution in [2.75, 3.05) is 46.1 Å². The maximum Gasteiger partial charge on any atom is 0.280 e. The minimum Gasteiger partial charge on any atom is -0.497 e. The van der Waals surface area contributed by atoms with Crippen LogP contribution in [0.2, 0.25) is 0 Å². The molecular weight excluding hydrogens is 761 g/mol. The van der Waals surface area contributed by atoms with Gasteiger partial charge in [-0.3, -0.25) is 24.5 Å². The second-order valence-corrected chi connectivity index (χ2v) is 13.3. The van der Waals surface area contributed by atoms with Crippen molar-refractivity contribution in [1.29, 1.82) is 5.26 Å². The zero-order chi connectivity index (χ0) is 41.2.